The molecule has 240 valence electrons. The van der Waals surface area contributed by atoms with Gasteiger partial charge in [0.15, 0.2) is 0 Å². The second-order valence-electron chi connectivity index (χ2n) is 12.3. The van der Waals surface area contributed by atoms with Crippen LogP contribution in [0, 0.1) is 0 Å². The lowest BCUT2D eigenvalue weighted by Gasteiger charge is -2.30. The molecule has 0 radical (unpaired) electrons. The van der Waals surface area contributed by atoms with Crippen LogP contribution in [0.25, 0.3) is 0 Å². The Bertz CT molecular complexity index is 836. The number of hydrogen-bond acceptors (Lipinski definition) is 9. The largest absolute Gasteiger partial charge is 0.348 e. The molecule has 1 aromatic rings. The summed E-state index contributed by atoms with van der Waals surface area (Å²) in [6, 6.07) is 1.89. The fraction of sp³-hybridized carbons (Fsp3) is 0.800. The molecule has 42 heavy (non-hydrogen) atoms. The van der Waals surface area contributed by atoms with Crippen LogP contribution in [0.2, 0.25) is 0 Å². The van der Waals surface area contributed by atoms with Gasteiger partial charge in [-0.1, -0.05) is 0 Å². The lowest BCUT2D eigenvalue weighted by Crippen LogP contribution is -2.44. The Morgan fingerprint density at radius 1 is 0.452 bits per heavy atom. The van der Waals surface area contributed by atoms with Crippen molar-refractivity contribution in [3.05, 3.63) is 17.5 Å². The molecule has 0 bridgehead atoms. The Hall–Kier alpha value is -2.70. The smallest absolute Gasteiger partial charge is 0.289 e. The summed E-state index contributed by atoms with van der Waals surface area (Å²) in [5.41, 5.74) is 0. The van der Waals surface area contributed by atoms with E-state index in [0.717, 1.165) is 0 Å². The molecule has 0 spiro atoms. The Morgan fingerprint density at radius 3 is 0.810 bits per heavy atom. The van der Waals surface area contributed by atoms with Gasteiger partial charge < -0.3 is 16.0 Å². The van der Waals surface area contributed by atoms with Gasteiger partial charge in [0.2, 0.25) is 17.5 Å². The highest BCUT2D eigenvalue weighted by Crippen LogP contribution is 2.06. The first-order valence-electron chi connectivity index (χ1n) is 15.4. The first-order valence-corrected chi connectivity index (χ1v) is 15.4. The quantitative estimate of drug-likeness (QED) is 0.235. The van der Waals surface area contributed by atoms with Crippen LogP contribution < -0.4 is 16.0 Å². The van der Waals surface area contributed by atoms with E-state index in [9.17, 15) is 14.4 Å². The fourth-order valence-electron chi connectivity index (χ4n) is 5.15. The van der Waals surface area contributed by atoms with Crippen molar-refractivity contribution in [2.45, 2.75) is 119 Å². The minimum Gasteiger partial charge on any atom is -0.348 e. The van der Waals surface area contributed by atoms with E-state index in [2.05, 4.69) is 129 Å². The first kappa shape index (κ1) is 37.3. The van der Waals surface area contributed by atoms with E-state index in [4.69, 9.17) is 0 Å². The van der Waals surface area contributed by atoms with E-state index in [0.29, 0.717) is 75.5 Å². The number of hydrogen-bond donors (Lipinski definition) is 3. The first-order chi connectivity index (χ1) is 19.6. The van der Waals surface area contributed by atoms with Crippen molar-refractivity contribution >= 4 is 17.7 Å². The van der Waals surface area contributed by atoms with Crippen LogP contribution in [0.4, 0.5) is 0 Å². The number of nitrogens with zero attached hydrogens (tertiary/aromatic N) is 6. The zero-order chi connectivity index (χ0) is 32.1. The van der Waals surface area contributed by atoms with Crippen LogP contribution in [0.5, 0.6) is 0 Å². The Morgan fingerprint density at radius 2 is 0.643 bits per heavy atom. The summed E-state index contributed by atoms with van der Waals surface area (Å²) in [6.45, 7) is 28.3. The van der Waals surface area contributed by atoms with Gasteiger partial charge in [-0.2, -0.15) is 15.0 Å². The van der Waals surface area contributed by atoms with Crippen LogP contribution in [0.1, 0.15) is 115 Å². The monoisotopic (exact) mass is 591 g/mol. The Kier molecular flexibility index (Phi) is 16.1. The molecular formula is C30H57N9O3. The van der Waals surface area contributed by atoms with E-state index in [-0.39, 0.29) is 17.5 Å². The molecule has 1 aromatic heterocycles. The molecule has 0 atom stereocenters. The molecule has 12 heteroatoms. The molecule has 0 saturated heterocycles. The summed E-state index contributed by atoms with van der Waals surface area (Å²) in [7, 11) is 0. The van der Waals surface area contributed by atoms with Crippen molar-refractivity contribution < 1.29 is 14.4 Å². The van der Waals surface area contributed by atoms with E-state index in [1.165, 1.54) is 0 Å². The molecule has 0 aromatic carbocycles. The fourth-order valence-corrected chi connectivity index (χ4v) is 5.15. The number of carbonyl (C=O) groups is 3. The van der Waals surface area contributed by atoms with Crippen molar-refractivity contribution in [1.29, 1.82) is 0 Å². The Balaban J connectivity index is 3.12. The number of amides is 3. The van der Waals surface area contributed by atoms with Crippen LogP contribution in [0.15, 0.2) is 0 Å². The highest BCUT2D eigenvalue weighted by Gasteiger charge is 2.23. The predicted octanol–water partition coefficient (Wildman–Crippen LogP) is 2.42. The molecule has 1 rings (SSSR count). The maximum Gasteiger partial charge on any atom is 0.289 e. The summed E-state index contributed by atoms with van der Waals surface area (Å²) >= 11 is 0. The van der Waals surface area contributed by atoms with Gasteiger partial charge in [-0.05, 0) is 83.1 Å². The van der Waals surface area contributed by atoms with Gasteiger partial charge in [-0.15, -0.1) is 0 Å². The molecule has 0 aliphatic rings. The zero-order valence-electron chi connectivity index (χ0n) is 28.1. The maximum absolute atomic E-state index is 13.1. The van der Waals surface area contributed by atoms with Crippen LogP contribution in [0.3, 0.4) is 0 Å². The minimum absolute atomic E-state index is 0.266. The summed E-state index contributed by atoms with van der Waals surface area (Å²) in [6.07, 6.45) is 0. The molecular weight excluding hydrogens is 534 g/mol. The lowest BCUT2D eigenvalue weighted by molar-refractivity contribution is 0.0913. The van der Waals surface area contributed by atoms with E-state index < -0.39 is 17.7 Å². The summed E-state index contributed by atoms with van der Waals surface area (Å²) in [4.78, 5) is 58.4. The second kappa shape index (κ2) is 18.1. The number of rotatable bonds is 18. The number of aromatic nitrogens is 3. The summed E-state index contributed by atoms with van der Waals surface area (Å²) < 4.78 is 0. The highest BCUT2D eigenvalue weighted by molar-refractivity contribution is 5.97. The minimum atomic E-state index is -0.565. The molecule has 0 fully saturated rings. The third-order valence-electron chi connectivity index (χ3n) is 7.19. The molecule has 3 N–H and O–H groups in total. The predicted molar refractivity (Wildman–Crippen MR) is 168 cm³/mol. The molecule has 0 unspecified atom stereocenters. The average Bonchev–Trinajstić information content (AvgIpc) is 2.89. The molecule has 12 nitrogen and oxygen atoms in total. The number of nitrogens with one attached hydrogen (secondary N) is 3. The standard InChI is InChI=1S/C30H57N9O3/c1-19(2)37(20(3)4)16-13-31-28(40)25-34-26(29(41)32-14-17-38(21(5)6)22(7)8)36-27(35-25)30(42)33-15-18-39(23(9)10)24(11)12/h19-24H,13-18H2,1-12H3,(H,31,40)(H,32,41)(H,33,42). The topological polar surface area (TPSA) is 136 Å². The molecule has 0 aliphatic carbocycles. The molecule has 3 amide bonds. The zero-order valence-corrected chi connectivity index (χ0v) is 28.1. The Labute approximate surface area is 253 Å². The van der Waals surface area contributed by atoms with Crippen molar-refractivity contribution in [3.8, 4) is 0 Å². The van der Waals surface area contributed by atoms with Gasteiger partial charge in [0, 0.05) is 75.5 Å². The van der Waals surface area contributed by atoms with Crippen molar-refractivity contribution in [2.24, 2.45) is 0 Å². The molecule has 1 heterocycles. The van der Waals surface area contributed by atoms with Gasteiger partial charge >= 0.3 is 0 Å². The third-order valence-corrected chi connectivity index (χ3v) is 7.19. The maximum atomic E-state index is 13.1. The van der Waals surface area contributed by atoms with Crippen molar-refractivity contribution in [3.63, 3.8) is 0 Å². The van der Waals surface area contributed by atoms with Crippen molar-refractivity contribution in [2.75, 3.05) is 39.3 Å². The summed E-state index contributed by atoms with van der Waals surface area (Å²) in [5, 5.41) is 8.48. The van der Waals surface area contributed by atoms with E-state index in [1.807, 2.05) is 0 Å². The van der Waals surface area contributed by atoms with Crippen LogP contribution >= 0.6 is 0 Å². The van der Waals surface area contributed by atoms with Crippen LogP contribution in [-0.2, 0) is 0 Å². The molecule has 0 saturated carbocycles. The van der Waals surface area contributed by atoms with E-state index in [1.54, 1.807) is 0 Å². The van der Waals surface area contributed by atoms with Crippen molar-refractivity contribution in [1.82, 2.24) is 45.6 Å². The van der Waals surface area contributed by atoms with Gasteiger partial charge in [0.25, 0.3) is 17.7 Å². The lowest BCUT2D eigenvalue weighted by atomic mass is 10.2. The SMILES string of the molecule is CC(C)N(CCNC(=O)c1nc(C(=O)NCCN(C(C)C)C(C)C)nc(C(=O)NCCN(C(C)C)C(C)C)n1)C(C)C. The van der Waals surface area contributed by atoms with Gasteiger partial charge in [0.1, 0.15) is 0 Å². The average molecular weight is 592 g/mol. The van der Waals surface area contributed by atoms with E-state index >= 15 is 0 Å². The van der Waals surface area contributed by atoms with Gasteiger partial charge in [-0.3, -0.25) is 29.1 Å². The molecule has 0 aliphatic heterocycles. The van der Waals surface area contributed by atoms with Crippen LogP contribution in [-0.4, -0.2) is 123 Å². The summed E-state index contributed by atoms with van der Waals surface area (Å²) in [5.74, 6) is -2.49. The third kappa shape index (κ3) is 12.3. The normalized spacial score (nSPS) is 12.2. The van der Waals surface area contributed by atoms with Gasteiger partial charge in [0.05, 0.1) is 0 Å². The van der Waals surface area contributed by atoms with Gasteiger partial charge in [-0.25, -0.2) is 0 Å². The number of carbonyl (C=O) groups excluding carboxylic acids is 3. The highest BCUT2D eigenvalue weighted by atomic mass is 16.2. The second-order valence-corrected chi connectivity index (χ2v) is 12.3.